The lowest BCUT2D eigenvalue weighted by Gasteiger charge is -2.26. The van der Waals surface area contributed by atoms with Crippen molar-refractivity contribution in [2.24, 2.45) is 0 Å². The number of benzene rings is 1. The summed E-state index contributed by atoms with van der Waals surface area (Å²) in [5, 5.41) is 3.95. The van der Waals surface area contributed by atoms with E-state index in [1.165, 1.54) is 0 Å². The first kappa shape index (κ1) is 15.6. The highest BCUT2D eigenvalue weighted by Gasteiger charge is 2.28. The number of hydrogen-bond acceptors (Lipinski definition) is 2. The highest BCUT2D eigenvalue weighted by atomic mass is 16.2. The van der Waals surface area contributed by atoms with E-state index < -0.39 is 0 Å². The van der Waals surface area contributed by atoms with Gasteiger partial charge in [0.2, 0.25) is 5.91 Å². The Balaban J connectivity index is 1.89. The number of carbonyl (C=O) groups excluding carboxylic acids is 2. The van der Waals surface area contributed by atoms with Crippen molar-refractivity contribution in [2.45, 2.75) is 39.2 Å². The lowest BCUT2D eigenvalue weighted by molar-refractivity contribution is -0.125. The van der Waals surface area contributed by atoms with Crippen LogP contribution < -0.4 is 5.32 Å². The van der Waals surface area contributed by atoms with E-state index in [-0.39, 0.29) is 17.9 Å². The van der Waals surface area contributed by atoms with E-state index in [1.54, 1.807) is 11.9 Å². The largest absolute Gasteiger partial charge is 0.358 e. The molecular formula is C18H23N3O2. The summed E-state index contributed by atoms with van der Waals surface area (Å²) in [6.07, 6.45) is 2.65. The number of hydrogen-bond donors (Lipinski definition) is 2. The summed E-state index contributed by atoms with van der Waals surface area (Å²) < 4.78 is 0. The van der Waals surface area contributed by atoms with Gasteiger partial charge < -0.3 is 15.2 Å². The number of carbonyl (C=O) groups is 2. The van der Waals surface area contributed by atoms with Crippen LogP contribution in [0.4, 0.5) is 0 Å². The van der Waals surface area contributed by atoms with Gasteiger partial charge in [-0.3, -0.25) is 9.59 Å². The summed E-state index contributed by atoms with van der Waals surface area (Å²) in [5.74, 6) is -0.152. The van der Waals surface area contributed by atoms with Gasteiger partial charge in [0.05, 0.1) is 0 Å². The normalized spacial score (nSPS) is 18.6. The topological polar surface area (TPSA) is 65.2 Å². The van der Waals surface area contributed by atoms with Crippen LogP contribution in [-0.2, 0) is 4.79 Å². The Morgan fingerprint density at radius 3 is 2.83 bits per heavy atom. The number of nitrogens with one attached hydrogen (secondary N) is 2. The fourth-order valence-electron chi connectivity index (χ4n) is 3.23. The molecule has 1 aromatic heterocycles. The van der Waals surface area contributed by atoms with Gasteiger partial charge >= 0.3 is 0 Å². The molecule has 2 amide bonds. The van der Waals surface area contributed by atoms with Crippen LogP contribution in [0.2, 0.25) is 0 Å². The second-order valence-electron chi connectivity index (χ2n) is 6.35. The molecule has 3 rings (SSSR count). The Bertz CT molecular complexity index is 763. The van der Waals surface area contributed by atoms with Crippen LogP contribution in [0.1, 0.15) is 40.9 Å². The van der Waals surface area contributed by atoms with Gasteiger partial charge in [0.1, 0.15) is 6.04 Å². The number of likely N-dealkylation sites (N-methyl/N-ethyl adjacent to an activating group) is 1. The van der Waals surface area contributed by atoms with Crippen LogP contribution in [0.5, 0.6) is 0 Å². The van der Waals surface area contributed by atoms with Crippen LogP contribution in [0.25, 0.3) is 10.9 Å². The van der Waals surface area contributed by atoms with Crippen LogP contribution in [0.15, 0.2) is 18.2 Å². The molecule has 2 N–H and O–H groups in total. The molecule has 1 aliphatic heterocycles. The molecule has 2 heterocycles. The number of aromatic amines is 1. The van der Waals surface area contributed by atoms with Crippen molar-refractivity contribution in [3.8, 4) is 0 Å². The second kappa shape index (κ2) is 6.07. The molecule has 0 radical (unpaired) electrons. The third-order valence-electron chi connectivity index (χ3n) is 4.85. The quantitative estimate of drug-likeness (QED) is 0.895. The molecule has 1 fully saturated rings. The van der Waals surface area contributed by atoms with Crippen molar-refractivity contribution in [1.29, 1.82) is 0 Å². The highest BCUT2D eigenvalue weighted by Crippen LogP contribution is 2.23. The van der Waals surface area contributed by atoms with Crippen LogP contribution in [-0.4, -0.2) is 41.3 Å². The monoisotopic (exact) mass is 313 g/mol. The van der Waals surface area contributed by atoms with Crippen molar-refractivity contribution in [2.75, 3.05) is 13.6 Å². The molecule has 1 atom stereocenters. The minimum Gasteiger partial charge on any atom is -0.358 e. The van der Waals surface area contributed by atoms with Gasteiger partial charge in [-0.1, -0.05) is 0 Å². The van der Waals surface area contributed by atoms with Crippen molar-refractivity contribution >= 4 is 22.7 Å². The predicted molar refractivity (Wildman–Crippen MR) is 90.5 cm³/mol. The minimum atomic E-state index is -0.380. The molecular weight excluding hydrogens is 290 g/mol. The third kappa shape index (κ3) is 2.83. The van der Waals surface area contributed by atoms with Gasteiger partial charge in [0.15, 0.2) is 0 Å². The van der Waals surface area contributed by atoms with Gasteiger partial charge in [0.25, 0.3) is 5.91 Å². The first-order valence-corrected chi connectivity index (χ1v) is 8.13. The summed E-state index contributed by atoms with van der Waals surface area (Å²) in [6.45, 7) is 4.77. The molecule has 0 bridgehead atoms. The summed E-state index contributed by atoms with van der Waals surface area (Å²) >= 11 is 0. The standard InChI is InChI=1S/C18H23N3O2/c1-11-12(2)20-15-8-7-13(10-14(11)15)18(23)21(3)16-6-4-5-9-19-17(16)22/h7-8,10,16,20H,4-6,9H2,1-3H3,(H,19,22). The lowest BCUT2D eigenvalue weighted by atomic mass is 10.1. The SMILES string of the molecule is Cc1[nH]c2ccc(C(=O)N(C)C3CCCCNC3=O)cc2c1C. The van der Waals surface area contributed by atoms with Crippen molar-refractivity contribution in [3.63, 3.8) is 0 Å². The summed E-state index contributed by atoms with van der Waals surface area (Å²) in [4.78, 5) is 29.8. The number of amides is 2. The zero-order chi connectivity index (χ0) is 16.6. The highest BCUT2D eigenvalue weighted by molar-refractivity contribution is 6.01. The zero-order valence-corrected chi connectivity index (χ0v) is 13.9. The Morgan fingerprint density at radius 1 is 1.26 bits per heavy atom. The van der Waals surface area contributed by atoms with E-state index in [0.29, 0.717) is 12.1 Å². The van der Waals surface area contributed by atoms with E-state index in [0.717, 1.165) is 41.4 Å². The van der Waals surface area contributed by atoms with Gasteiger partial charge in [-0.25, -0.2) is 0 Å². The van der Waals surface area contributed by atoms with Crippen LogP contribution >= 0.6 is 0 Å². The Morgan fingerprint density at radius 2 is 2.04 bits per heavy atom. The molecule has 1 aliphatic rings. The fourth-order valence-corrected chi connectivity index (χ4v) is 3.23. The second-order valence-corrected chi connectivity index (χ2v) is 6.35. The van der Waals surface area contributed by atoms with Gasteiger partial charge in [-0.2, -0.15) is 0 Å². The molecule has 1 aromatic carbocycles. The molecule has 122 valence electrons. The number of nitrogens with zero attached hydrogens (tertiary/aromatic N) is 1. The lowest BCUT2D eigenvalue weighted by Crippen LogP contribution is -2.46. The maximum Gasteiger partial charge on any atom is 0.254 e. The summed E-state index contributed by atoms with van der Waals surface area (Å²) in [7, 11) is 1.72. The first-order valence-electron chi connectivity index (χ1n) is 8.13. The van der Waals surface area contributed by atoms with Crippen LogP contribution in [0, 0.1) is 13.8 Å². The van der Waals surface area contributed by atoms with Gasteiger partial charge in [0, 0.05) is 35.8 Å². The summed E-state index contributed by atoms with van der Waals surface area (Å²) in [5.41, 5.74) is 3.93. The fraction of sp³-hybridized carbons (Fsp3) is 0.444. The third-order valence-corrected chi connectivity index (χ3v) is 4.85. The number of aromatic nitrogens is 1. The van der Waals surface area contributed by atoms with E-state index >= 15 is 0 Å². The Labute approximate surface area is 136 Å². The number of H-pyrrole nitrogens is 1. The minimum absolute atomic E-state index is 0.0481. The molecule has 0 saturated carbocycles. The molecule has 5 heteroatoms. The molecule has 1 saturated heterocycles. The maximum atomic E-state index is 12.8. The van der Waals surface area contributed by atoms with Crippen molar-refractivity contribution in [1.82, 2.24) is 15.2 Å². The van der Waals surface area contributed by atoms with E-state index in [2.05, 4.69) is 10.3 Å². The molecule has 0 aliphatic carbocycles. The van der Waals surface area contributed by atoms with E-state index in [1.807, 2.05) is 32.0 Å². The number of aryl methyl sites for hydroxylation is 2. The van der Waals surface area contributed by atoms with Gasteiger partial charge in [-0.15, -0.1) is 0 Å². The molecule has 1 unspecified atom stereocenters. The van der Waals surface area contributed by atoms with Crippen LogP contribution in [0.3, 0.4) is 0 Å². The number of fused-ring (bicyclic) bond motifs is 1. The van der Waals surface area contributed by atoms with E-state index in [4.69, 9.17) is 0 Å². The first-order chi connectivity index (χ1) is 11.0. The van der Waals surface area contributed by atoms with Crippen molar-refractivity contribution < 1.29 is 9.59 Å². The Hall–Kier alpha value is -2.30. The molecule has 23 heavy (non-hydrogen) atoms. The average molecular weight is 313 g/mol. The Kier molecular flexibility index (Phi) is 4.11. The number of rotatable bonds is 2. The smallest absolute Gasteiger partial charge is 0.254 e. The maximum absolute atomic E-state index is 12.8. The van der Waals surface area contributed by atoms with Gasteiger partial charge in [-0.05, 0) is 56.9 Å². The zero-order valence-electron chi connectivity index (χ0n) is 13.9. The molecule has 2 aromatic rings. The summed E-state index contributed by atoms with van der Waals surface area (Å²) in [6, 6.07) is 5.30. The van der Waals surface area contributed by atoms with E-state index in [9.17, 15) is 9.59 Å². The molecule has 5 nitrogen and oxygen atoms in total. The van der Waals surface area contributed by atoms with Crippen molar-refractivity contribution in [3.05, 3.63) is 35.0 Å². The predicted octanol–water partition coefficient (Wildman–Crippen LogP) is 2.53. The average Bonchev–Trinajstić information content (AvgIpc) is 2.71. The molecule has 0 spiro atoms.